The molecule has 20 heavy (non-hydrogen) atoms. The van der Waals surface area contributed by atoms with E-state index in [9.17, 15) is 4.79 Å². The lowest BCUT2D eigenvalue weighted by Gasteiger charge is -2.09. The Morgan fingerprint density at radius 2 is 1.70 bits per heavy atom. The molecule has 2 nitrogen and oxygen atoms in total. The van der Waals surface area contributed by atoms with E-state index in [1.807, 2.05) is 55.5 Å². The van der Waals surface area contributed by atoms with E-state index in [1.54, 1.807) is 0 Å². The molecule has 0 aromatic heterocycles. The van der Waals surface area contributed by atoms with Crippen LogP contribution in [0.15, 0.2) is 48.5 Å². The highest BCUT2D eigenvalue weighted by Crippen LogP contribution is 2.17. The van der Waals surface area contributed by atoms with Gasteiger partial charge in [-0.3, -0.25) is 4.79 Å². The van der Waals surface area contributed by atoms with E-state index >= 15 is 0 Å². The fraction of sp³-hybridized carbons (Fsp3) is 0.278. The van der Waals surface area contributed by atoms with Crippen LogP contribution in [0.1, 0.15) is 41.3 Å². The quantitative estimate of drug-likeness (QED) is 0.752. The van der Waals surface area contributed by atoms with Crippen LogP contribution < -0.4 is 4.74 Å². The Labute approximate surface area is 120 Å². The van der Waals surface area contributed by atoms with Crippen LogP contribution in [0.2, 0.25) is 0 Å². The van der Waals surface area contributed by atoms with Gasteiger partial charge in [-0.25, -0.2) is 0 Å². The van der Waals surface area contributed by atoms with Gasteiger partial charge in [0.05, 0.1) is 0 Å². The van der Waals surface area contributed by atoms with Crippen molar-refractivity contribution in [3.63, 3.8) is 0 Å². The maximum Gasteiger partial charge on any atom is 0.200 e. The molecule has 0 fully saturated rings. The van der Waals surface area contributed by atoms with E-state index in [2.05, 4.69) is 13.8 Å². The number of hydrogen-bond acceptors (Lipinski definition) is 2. The Bertz CT molecular complexity index is 583. The van der Waals surface area contributed by atoms with Crippen LogP contribution in [-0.4, -0.2) is 12.4 Å². The average Bonchev–Trinajstić information content (AvgIpc) is 2.46. The topological polar surface area (TPSA) is 26.3 Å². The molecule has 0 aliphatic carbocycles. The molecule has 0 heterocycles. The zero-order valence-electron chi connectivity index (χ0n) is 12.2. The molecule has 0 N–H and O–H groups in total. The van der Waals surface area contributed by atoms with Gasteiger partial charge in [0.1, 0.15) is 5.75 Å². The minimum atomic E-state index is 0.00330. The summed E-state index contributed by atoms with van der Waals surface area (Å²) in [6.07, 6.45) is 0. The lowest BCUT2D eigenvalue weighted by molar-refractivity contribution is 0.0921. The van der Waals surface area contributed by atoms with E-state index in [0.717, 1.165) is 11.3 Å². The van der Waals surface area contributed by atoms with Gasteiger partial charge in [-0.1, -0.05) is 56.3 Å². The summed E-state index contributed by atoms with van der Waals surface area (Å²) in [5.41, 5.74) is 2.97. The van der Waals surface area contributed by atoms with Gasteiger partial charge in [0, 0.05) is 5.56 Å². The summed E-state index contributed by atoms with van der Waals surface area (Å²) in [6.45, 7) is 6.32. The van der Waals surface area contributed by atoms with Gasteiger partial charge in [0.25, 0.3) is 0 Å². The first-order valence-electron chi connectivity index (χ1n) is 6.89. The van der Waals surface area contributed by atoms with Crippen LogP contribution in [0, 0.1) is 6.92 Å². The zero-order valence-corrected chi connectivity index (χ0v) is 12.2. The van der Waals surface area contributed by atoms with Crippen molar-refractivity contribution < 1.29 is 9.53 Å². The molecule has 0 aliphatic heterocycles. The molecule has 2 heteroatoms. The Morgan fingerprint density at radius 3 is 2.30 bits per heavy atom. The molecular weight excluding hydrogens is 248 g/mol. The summed E-state index contributed by atoms with van der Waals surface area (Å²) in [6, 6.07) is 15.5. The van der Waals surface area contributed by atoms with Crippen LogP contribution in [0.5, 0.6) is 5.75 Å². The summed E-state index contributed by atoms with van der Waals surface area (Å²) < 4.78 is 5.58. The predicted octanol–water partition coefficient (Wildman–Crippen LogP) is 4.38. The highest BCUT2D eigenvalue weighted by atomic mass is 16.5. The number of benzene rings is 2. The first kappa shape index (κ1) is 14.3. The smallest absolute Gasteiger partial charge is 0.200 e. The van der Waals surface area contributed by atoms with Crippen LogP contribution >= 0.6 is 0 Å². The summed E-state index contributed by atoms with van der Waals surface area (Å²) in [5.74, 6) is 1.24. The molecule has 0 unspecified atom stereocenters. The van der Waals surface area contributed by atoms with Crippen molar-refractivity contribution in [2.75, 3.05) is 6.61 Å². The molecular formula is C18H20O2. The van der Waals surface area contributed by atoms with E-state index in [1.165, 1.54) is 5.56 Å². The van der Waals surface area contributed by atoms with Crippen molar-refractivity contribution in [1.82, 2.24) is 0 Å². The maximum atomic E-state index is 12.1. The standard InChI is InChI=1S/C18H20O2/c1-13(2)15-8-10-16(11-9-15)17(19)12-20-18-7-5-4-6-14(18)3/h4-11,13H,12H2,1-3H3. The Hall–Kier alpha value is -2.09. The van der Waals surface area contributed by atoms with Crippen molar-refractivity contribution in [2.24, 2.45) is 0 Å². The first-order chi connectivity index (χ1) is 9.58. The van der Waals surface area contributed by atoms with Gasteiger partial charge in [-0.2, -0.15) is 0 Å². The third-order valence-corrected chi connectivity index (χ3v) is 3.35. The van der Waals surface area contributed by atoms with Crippen LogP contribution in [0.3, 0.4) is 0 Å². The molecule has 0 atom stereocenters. The number of para-hydroxylation sites is 1. The zero-order chi connectivity index (χ0) is 14.5. The second-order valence-electron chi connectivity index (χ2n) is 5.25. The number of ether oxygens (including phenoxy) is 1. The minimum Gasteiger partial charge on any atom is -0.485 e. The van der Waals surface area contributed by atoms with E-state index in [0.29, 0.717) is 11.5 Å². The van der Waals surface area contributed by atoms with Crippen LogP contribution in [0.4, 0.5) is 0 Å². The number of carbonyl (C=O) groups excluding carboxylic acids is 1. The third-order valence-electron chi connectivity index (χ3n) is 3.35. The van der Waals surface area contributed by atoms with Crippen molar-refractivity contribution in [3.8, 4) is 5.75 Å². The van der Waals surface area contributed by atoms with Crippen LogP contribution in [0.25, 0.3) is 0 Å². The fourth-order valence-corrected chi connectivity index (χ4v) is 2.00. The Morgan fingerprint density at radius 1 is 1.05 bits per heavy atom. The molecule has 0 spiro atoms. The van der Waals surface area contributed by atoms with Gasteiger partial charge in [0.15, 0.2) is 12.4 Å². The van der Waals surface area contributed by atoms with Gasteiger partial charge in [0.2, 0.25) is 0 Å². The summed E-state index contributed by atoms with van der Waals surface area (Å²) in [4.78, 5) is 12.1. The summed E-state index contributed by atoms with van der Waals surface area (Å²) in [7, 11) is 0. The van der Waals surface area contributed by atoms with Gasteiger partial charge < -0.3 is 4.74 Å². The van der Waals surface area contributed by atoms with Gasteiger partial charge in [-0.15, -0.1) is 0 Å². The van der Waals surface area contributed by atoms with E-state index in [-0.39, 0.29) is 12.4 Å². The molecule has 0 bridgehead atoms. The minimum absolute atomic E-state index is 0.00330. The molecule has 0 aliphatic rings. The molecule has 104 valence electrons. The number of hydrogen-bond donors (Lipinski definition) is 0. The third kappa shape index (κ3) is 3.47. The normalized spacial score (nSPS) is 10.6. The second-order valence-corrected chi connectivity index (χ2v) is 5.25. The van der Waals surface area contributed by atoms with Crippen molar-refractivity contribution >= 4 is 5.78 Å². The molecule has 0 radical (unpaired) electrons. The number of rotatable bonds is 5. The summed E-state index contributed by atoms with van der Waals surface area (Å²) >= 11 is 0. The number of ketones is 1. The first-order valence-corrected chi connectivity index (χ1v) is 6.89. The van der Waals surface area contributed by atoms with Crippen molar-refractivity contribution in [1.29, 1.82) is 0 Å². The predicted molar refractivity (Wildman–Crippen MR) is 81.5 cm³/mol. The number of carbonyl (C=O) groups is 1. The van der Waals surface area contributed by atoms with Gasteiger partial charge in [-0.05, 0) is 30.0 Å². The average molecular weight is 268 g/mol. The fourth-order valence-electron chi connectivity index (χ4n) is 2.00. The highest BCUT2D eigenvalue weighted by Gasteiger charge is 2.08. The number of Topliss-reactive ketones (excluding diaryl/α,β-unsaturated/α-hetero) is 1. The van der Waals surface area contributed by atoms with Crippen LogP contribution in [-0.2, 0) is 0 Å². The number of aryl methyl sites for hydroxylation is 1. The Balaban J connectivity index is 2.00. The summed E-state index contributed by atoms with van der Waals surface area (Å²) in [5, 5.41) is 0. The molecule has 0 saturated carbocycles. The second kappa shape index (κ2) is 6.38. The Kier molecular flexibility index (Phi) is 4.57. The van der Waals surface area contributed by atoms with Crippen molar-refractivity contribution in [2.45, 2.75) is 26.7 Å². The highest BCUT2D eigenvalue weighted by molar-refractivity contribution is 5.97. The van der Waals surface area contributed by atoms with E-state index < -0.39 is 0 Å². The molecule has 2 aromatic rings. The van der Waals surface area contributed by atoms with Gasteiger partial charge >= 0.3 is 0 Å². The monoisotopic (exact) mass is 268 g/mol. The largest absolute Gasteiger partial charge is 0.485 e. The molecule has 2 aromatic carbocycles. The lowest BCUT2D eigenvalue weighted by Crippen LogP contribution is -2.12. The lowest BCUT2D eigenvalue weighted by atomic mass is 10.0. The molecule has 0 amide bonds. The maximum absolute atomic E-state index is 12.1. The SMILES string of the molecule is Cc1ccccc1OCC(=O)c1ccc(C(C)C)cc1. The van der Waals surface area contributed by atoms with E-state index in [4.69, 9.17) is 4.74 Å². The molecule has 2 rings (SSSR count). The molecule has 0 saturated heterocycles. The van der Waals surface area contributed by atoms with Crippen molar-refractivity contribution in [3.05, 3.63) is 65.2 Å².